The monoisotopic (exact) mass is 429 g/mol. The third kappa shape index (κ3) is 3.51. The van der Waals surface area contributed by atoms with Crippen LogP contribution in [0.15, 0.2) is 54.6 Å². The minimum absolute atomic E-state index is 0.110. The molecule has 160 valence electrons. The zero-order valence-corrected chi connectivity index (χ0v) is 17.6. The molecule has 1 heterocycles. The predicted octanol–water partition coefficient (Wildman–Crippen LogP) is 4.57. The fourth-order valence-corrected chi connectivity index (χ4v) is 3.65. The molecule has 32 heavy (non-hydrogen) atoms. The lowest BCUT2D eigenvalue weighted by Gasteiger charge is -2.17. The molecule has 8 nitrogen and oxygen atoms in total. The standard InChI is InChI=1S/C24H19N3O5/c1-13-4-5-14(2)20(10-13)26-23(29)18-9-7-16(11-19(18)24(26)30)22(28)25-17-8-6-15(3)21(12-17)27(31)32/h4-12H,1-3H3,(H,25,28). The maximum atomic E-state index is 13.1. The van der Waals surface area contributed by atoms with Crippen LogP contribution in [0.3, 0.4) is 0 Å². The lowest BCUT2D eigenvalue weighted by Crippen LogP contribution is -2.30. The van der Waals surface area contributed by atoms with Gasteiger partial charge in [0.25, 0.3) is 23.4 Å². The summed E-state index contributed by atoms with van der Waals surface area (Å²) in [7, 11) is 0. The van der Waals surface area contributed by atoms with Gasteiger partial charge in [-0.15, -0.1) is 0 Å². The van der Waals surface area contributed by atoms with Gasteiger partial charge in [0.05, 0.1) is 21.7 Å². The molecule has 0 unspecified atom stereocenters. The number of anilines is 2. The van der Waals surface area contributed by atoms with Crippen molar-refractivity contribution in [3.05, 3.63) is 98.1 Å². The number of nitrogens with zero attached hydrogens (tertiary/aromatic N) is 2. The van der Waals surface area contributed by atoms with E-state index >= 15 is 0 Å². The Balaban J connectivity index is 1.64. The van der Waals surface area contributed by atoms with Crippen LogP contribution < -0.4 is 10.2 Å². The molecule has 0 fully saturated rings. The van der Waals surface area contributed by atoms with E-state index < -0.39 is 22.6 Å². The Morgan fingerprint density at radius 1 is 0.875 bits per heavy atom. The first-order valence-corrected chi connectivity index (χ1v) is 9.84. The first-order valence-electron chi connectivity index (χ1n) is 9.84. The quantitative estimate of drug-likeness (QED) is 0.371. The molecule has 0 spiro atoms. The van der Waals surface area contributed by atoms with E-state index in [1.54, 1.807) is 25.1 Å². The highest BCUT2D eigenvalue weighted by Gasteiger charge is 2.37. The number of nitro benzene ring substituents is 1. The molecule has 3 aromatic rings. The number of aryl methyl sites for hydroxylation is 3. The van der Waals surface area contributed by atoms with Crippen molar-refractivity contribution in [2.24, 2.45) is 0 Å². The first kappa shape index (κ1) is 20.9. The maximum absolute atomic E-state index is 13.1. The van der Waals surface area contributed by atoms with Crippen LogP contribution in [0.4, 0.5) is 17.1 Å². The summed E-state index contributed by atoms with van der Waals surface area (Å²) in [6.45, 7) is 5.30. The van der Waals surface area contributed by atoms with Crippen molar-refractivity contribution in [2.45, 2.75) is 20.8 Å². The molecule has 0 atom stereocenters. The molecular formula is C24H19N3O5. The van der Waals surface area contributed by atoms with E-state index in [4.69, 9.17) is 0 Å². The molecular weight excluding hydrogens is 410 g/mol. The molecule has 0 saturated carbocycles. The number of hydrogen-bond acceptors (Lipinski definition) is 5. The normalized spacial score (nSPS) is 12.7. The Bertz CT molecular complexity index is 1330. The SMILES string of the molecule is Cc1ccc(C)c(N2C(=O)c3ccc(C(=O)Nc4ccc(C)c([N+](=O)[O-])c4)cc3C2=O)c1. The summed E-state index contributed by atoms with van der Waals surface area (Å²) in [6, 6.07) is 14.2. The predicted molar refractivity (Wildman–Crippen MR) is 119 cm³/mol. The van der Waals surface area contributed by atoms with Crippen LogP contribution in [0.2, 0.25) is 0 Å². The Labute approximate surface area is 183 Å². The van der Waals surface area contributed by atoms with Gasteiger partial charge in [0.15, 0.2) is 0 Å². The fraction of sp³-hybridized carbons (Fsp3) is 0.125. The number of benzene rings is 3. The number of amides is 3. The molecule has 4 rings (SSSR count). The number of nitrogens with one attached hydrogen (secondary N) is 1. The molecule has 0 aliphatic carbocycles. The third-order valence-corrected chi connectivity index (χ3v) is 5.42. The van der Waals surface area contributed by atoms with Crippen LogP contribution in [0.1, 0.15) is 47.8 Å². The van der Waals surface area contributed by atoms with E-state index in [1.807, 2.05) is 26.0 Å². The Hall–Kier alpha value is -4.33. The van der Waals surface area contributed by atoms with Crippen molar-refractivity contribution in [3.63, 3.8) is 0 Å². The molecule has 1 N–H and O–H groups in total. The second kappa shape index (κ2) is 7.73. The van der Waals surface area contributed by atoms with E-state index in [2.05, 4.69) is 5.32 Å². The summed E-state index contributed by atoms with van der Waals surface area (Å²) in [6.07, 6.45) is 0. The van der Waals surface area contributed by atoms with Gasteiger partial charge in [-0.2, -0.15) is 0 Å². The zero-order chi connectivity index (χ0) is 23.2. The molecule has 1 aliphatic heterocycles. The van der Waals surface area contributed by atoms with E-state index in [0.717, 1.165) is 16.0 Å². The minimum atomic E-state index is -0.545. The fourth-order valence-electron chi connectivity index (χ4n) is 3.65. The van der Waals surface area contributed by atoms with Crippen molar-refractivity contribution < 1.29 is 19.3 Å². The average molecular weight is 429 g/mol. The molecule has 3 amide bonds. The zero-order valence-electron chi connectivity index (χ0n) is 17.6. The van der Waals surface area contributed by atoms with E-state index in [0.29, 0.717) is 11.3 Å². The van der Waals surface area contributed by atoms with Crippen molar-refractivity contribution >= 4 is 34.8 Å². The summed E-state index contributed by atoms with van der Waals surface area (Å²) in [5.74, 6) is -1.49. The van der Waals surface area contributed by atoms with Crippen LogP contribution >= 0.6 is 0 Å². The number of carbonyl (C=O) groups excluding carboxylic acids is 3. The molecule has 0 saturated heterocycles. The smallest absolute Gasteiger partial charge is 0.274 e. The van der Waals surface area contributed by atoms with Gasteiger partial charge in [-0.1, -0.05) is 18.2 Å². The lowest BCUT2D eigenvalue weighted by atomic mass is 10.1. The van der Waals surface area contributed by atoms with Crippen LogP contribution in [0, 0.1) is 30.9 Å². The second-order valence-corrected chi connectivity index (χ2v) is 7.71. The van der Waals surface area contributed by atoms with Gasteiger partial charge in [0.2, 0.25) is 0 Å². The van der Waals surface area contributed by atoms with Crippen LogP contribution in [0.25, 0.3) is 0 Å². The summed E-state index contributed by atoms with van der Waals surface area (Å²) in [5.41, 5.74) is 3.34. The van der Waals surface area contributed by atoms with Gasteiger partial charge in [0, 0.05) is 22.9 Å². The van der Waals surface area contributed by atoms with Crippen molar-refractivity contribution in [1.29, 1.82) is 0 Å². The highest BCUT2D eigenvalue weighted by atomic mass is 16.6. The van der Waals surface area contributed by atoms with Gasteiger partial charge in [0.1, 0.15) is 0 Å². The second-order valence-electron chi connectivity index (χ2n) is 7.71. The van der Waals surface area contributed by atoms with Gasteiger partial charge in [-0.25, -0.2) is 4.90 Å². The topological polar surface area (TPSA) is 110 Å². The molecule has 0 aromatic heterocycles. The number of hydrogen-bond donors (Lipinski definition) is 1. The summed E-state index contributed by atoms with van der Waals surface area (Å²) in [5, 5.41) is 13.7. The Morgan fingerprint density at radius 3 is 2.28 bits per heavy atom. The van der Waals surface area contributed by atoms with Gasteiger partial charge >= 0.3 is 0 Å². The maximum Gasteiger partial charge on any atom is 0.274 e. The first-order chi connectivity index (χ1) is 15.2. The Kier molecular flexibility index (Phi) is 5.06. The van der Waals surface area contributed by atoms with Gasteiger partial charge in [-0.05, 0) is 62.2 Å². The number of imide groups is 1. The third-order valence-electron chi connectivity index (χ3n) is 5.42. The van der Waals surface area contributed by atoms with Crippen molar-refractivity contribution in [2.75, 3.05) is 10.2 Å². The number of carbonyl (C=O) groups is 3. The average Bonchev–Trinajstić information content (AvgIpc) is 3.00. The molecule has 0 bridgehead atoms. The number of fused-ring (bicyclic) bond motifs is 1. The Morgan fingerprint density at radius 2 is 1.56 bits per heavy atom. The highest BCUT2D eigenvalue weighted by molar-refractivity contribution is 6.35. The van der Waals surface area contributed by atoms with Crippen molar-refractivity contribution in [3.8, 4) is 0 Å². The molecule has 0 radical (unpaired) electrons. The summed E-state index contributed by atoms with van der Waals surface area (Å²) < 4.78 is 0. The van der Waals surface area contributed by atoms with Crippen LogP contribution in [0.5, 0.6) is 0 Å². The van der Waals surface area contributed by atoms with E-state index in [1.165, 1.54) is 24.3 Å². The largest absolute Gasteiger partial charge is 0.322 e. The molecule has 1 aliphatic rings. The van der Waals surface area contributed by atoms with E-state index in [-0.39, 0.29) is 28.1 Å². The lowest BCUT2D eigenvalue weighted by molar-refractivity contribution is -0.385. The van der Waals surface area contributed by atoms with Crippen molar-refractivity contribution in [1.82, 2.24) is 0 Å². The number of rotatable bonds is 4. The van der Waals surface area contributed by atoms with Crippen LogP contribution in [-0.2, 0) is 0 Å². The van der Waals surface area contributed by atoms with Gasteiger partial charge < -0.3 is 5.32 Å². The highest BCUT2D eigenvalue weighted by Crippen LogP contribution is 2.32. The molecule has 8 heteroatoms. The van der Waals surface area contributed by atoms with Gasteiger partial charge in [-0.3, -0.25) is 24.5 Å². The minimum Gasteiger partial charge on any atom is -0.322 e. The number of nitro groups is 1. The van der Waals surface area contributed by atoms with E-state index in [9.17, 15) is 24.5 Å². The van der Waals surface area contributed by atoms with Crippen LogP contribution in [-0.4, -0.2) is 22.6 Å². The molecule has 3 aromatic carbocycles. The summed E-state index contributed by atoms with van der Waals surface area (Å²) in [4.78, 5) is 50.4. The summed E-state index contributed by atoms with van der Waals surface area (Å²) >= 11 is 0.